The summed E-state index contributed by atoms with van der Waals surface area (Å²) < 4.78 is 5.95. The second-order valence-corrected chi connectivity index (χ2v) is 6.23. The first-order valence-corrected chi connectivity index (χ1v) is 7.94. The number of hydrogen-bond acceptors (Lipinski definition) is 1. The molecule has 0 amide bonds. The van der Waals surface area contributed by atoms with E-state index in [-0.39, 0.29) is 0 Å². The van der Waals surface area contributed by atoms with Gasteiger partial charge < -0.3 is 4.74 Å². The Hall–Kier alpha value is -0.900. The summed E-state index contributed by atoms with van der Waals surface area (Å²) in [5.41, 5.74) is 0. The Morgan fingerprint density at radius 3 is 2.79 bits per heavy atom. The molecule has 1 heteroatoms. The lowest BCUT2D eigenvalue weighted by molar-refractivity contribution is 0.0137. The van der Waals surface area contributed by atoms with Crippen LogP contribution in [0.4, 0.5) is 0 Å². The van der Waals surface area contributed by atoms with E-state index in [1.54, 1.807) is 0 Å². The molecule has 19 heavy (non-hydrogen) atoms. The minimum absolute atomic E-state index is 0.387. The number of hydrogen-bond donors (Lipinski definition) is 0. The van der Waals surface area contributed by atoms with Crippen LogP contribution in [0.5, 0.6) is 0 Å². The van der Waals surface area contributed by atoms with Crippen LogP contribution in [0.3, 0.4) is 0 Å². The van der Waals surface area contributed by atoms with Gasteiger partial charge >= 0.3 is 0 Å². The molecule has 0 aromatic rings. The highest BCUT2D eigenvalue weighted by Gasteiger charge is 2.31. The zero-order valence-corrected chi connectivity index (χ0v) is 13.1. The van der Waals surface area contributed by atoms with Gasteiger partial charge in [0.2, 0.25) is 0 Å². The third kappa shape index (κ3) is 6.19. The van der Waals surface area contributed by atoms with Crippen LogP contribution in [0.25, 0.3) is 0 Å². The molecule has 0 bridgehead atoms. The van der Waals surface area contributed by atoms with Gasteiger partial charge in [-0.3, -0.25) is 0 Å². The summed E-state index contributed by atoms with van der Waals surface area (Å²) in [6.07, 6.45) is 11.3. The van der Waals surface area contributed by atoms with Crippen molar-refractivity contribution in [3.05, 3.63) is 12.3 Å². The summed E-state index contributed by atoms with van der Waals surface area (Å²) in [6.45, 7) is 9.15. The Morgan fingerprint density at radius 2 is 2.11 bits per heavy atom. The van der Waals surface area contributed by atoms with E-state index in [0.717, 1.165) is 12.3 Å². The Morgan fingerprint density at radius 1 is 1.32 bits per heavy atom. The van der Waals surface area contributed by atoms with E-state index >= 15 is 0 Å². The zero-order valence-electron chi connectivity index (χ0n) is 13.1. The zero-order chi connectivity index (χ0) is 14.1. The average molecular weight is 262 g/mol. The first-order valence-electron chi connectivity index (χ1n) is 7.94. The summed E-state index contributed by atoms with van der Waals surface area (Å²) in [5.74, 6) is 8.42. The normalized spacial score (nSPS) is 27.3. The van der Waals surface area contributed by atoms with Crippen LogP contribution in [-0.4, -0.2) is 6.10 Å². The van der Waals surface area contributed by atoms with Crippen LogP contribution in [-0.2, 0) is 4.74 Å². The highest BCUT2D eigenvalue weighted by molar-refractivity contribution is 5.13. The molecular formula is C18H30O. The van der Waals surface area contributed by atoms with E-state index in [1.165, 1.54) is 32.1 Å². The number of unbranched alkanes of at least 4 members (excludes halogenated alkanes) is 2. The van der Waals surface area contributed by atoms with E-state index in [0.29, 0.717) is 17.9 Å². The molecular weight excluding hydrogens is 232 g/mol. The van der Waals surface area contributed by atoms with Crippen LogP contribution in [0.1, 0.15) is 66.2 Å². The largest absolute Gasteiger partial charge is 0.497 e. The van der Waals surface area contributed by atoms with Crippen LogP contribution in [0.15, 0.2) is 12.3 Å². The third-order valence-corrected chi connectivity index (χ3v) is 4.12. The molecule has 0 radical (unpaired) electrons. The summed E-state index contributed by atoms with van der Waals surface area (Å²) in [4.78, 5) is 0. The van der Waals surface area contributed by atoms with Gasteiger partial charge in [0, 0.05) is 12.5 Å². The van der Waals surface area contributed by atoms with Gasteiger partial charge in [-0.05, 0) is 37.0 Å². The van der Waals surface area contributed by atoms with Gasteiger partial charge in [-0.15, -0.1) is 0 Å². The minimum atomic E-state index is 0.387. The Bertz CT molecular complexity index is 318. The number of rotatable bonds is 5. The van der Waals surface area contributed by atoms with Gasteiger partial charge in [-0.25, -0.2) is 0 Å². The highest BCUT2D eigenvalue weighted by atomic mass is 16.5. The molecule has 1 nitrogen and oxygen atoms in total. The lowest BCUT2D eigenvalue weighted by Crippen LogP contribution is -2.33. The SMILES string of the molecule is CCCCC#C/C=C/O[C@@H]1C[C@H](C)CC[C@H]1C(C)C. The van der Waals surface area contributed by atoms with Crippen molar-refractivity contribution in [2.45, 2.75) is 72.3 Å². The van der Waals surface area contributed by atoms with E-state index < -0.39 is 0 Å². The third-order valence-electron chi connectivity index (χ3n) is 4.12. The van der Waals surface area contributed by atoms with E-state index in [2.05, 4.69) is 39.5 Å². The molecule has 0 N–H and O–H groups in total. The van der Waals surface area contributed by atoms with Crippen LogP contribution in [0.2, 0.25) is 0 Å². The second-order valence-electron chi connectivity index (χ2n) is 6.23. The molecule has 0 aliphatic heterocycles. The maximum absolute atomic E-state index is 5.95. The minimum Gasteiger partial charge on any atom is -0.497 e. The van der Waals surface area contributed by atoms with Crippen molar-refractivity contribution in [2.75, 3.05) is 0 Å². The molecule has 3 atom stereocenters. The van der Waals surface area contributed by atoms with Gasteiger partial charge in [-0.1, -0.05) is 52.4 Å². The van der Waals surface area contributed by atoms with E-state index in [9.17, 15) is 0 Å². The molecule has 1 fully saturated rings. The van der Waals surface area contributed by atoms with Crippen LogP contribution < -0.4 is 0 Å². The lowest BCUT2D eigenvalue weighted by atomic mass is 9.75. The van der Waals surface area contributed by atoms with Gasteiger partial charge in [0.25, 0.3) is 0 Å². The average Bonchev–Trinajstić information content (AvgIpc) is 2.37. The summed E-state index contributed by atoms with van der Waals surface area (Å²) >= 11 is 0. The Kier molecular flexibility index (Phi) is 7.72. The quantitative estimate of drug-likeness (QED) is 0.377. The molecule has 108 valence electrons. The second kappa shape index (κ2) is 9.08. The van der Waals surface area contributed by atoms with Crippen molar-refractivity contribution in [3.63, 3.8) is 0 Å². The fraction of sp³-hybridized carbons (Fsp3) is 0.778. The van der Waals surface area contributed by atoms with Crippen molar-refractivity contribution in [1.82, 2.24) is 0 Å². The maximum atomic E-state index is 5.95. The lowest BCUT2D eigenvalue weighted by Gasteiger charge is -2.36. The number of ether oxygens (including phenoxy) is 1. The smallest absolute Gasteiger partial charge is 0.101 e. The van der Waals surface area contributed by atoms with Crippen molar-refractivity contribution < 1.29 is 4.74 Å². The Labute approximate surface area is 119 Å². The molecule has 0 saturated heterocycles. The van der Waals surface area contributed by atoms with Crippen molar-refractivity contribution in [3.8, 4) is 11.8 Å². The van der Waals surface area contributed by atoms with Gasteiger partial charge in [0.05, 0.1) is 6.26 Å². The van der Waals surface area contributed by atoms with Gasteiger partial charge in [0.1, 0.15) is 6.10 Å². The topological polar surface area (TPSA) is 9.23 Å². The summed E-state index contributed by atoms with van der Waals surface area (Å²) in [5, 5.41) is 0. The standard InChI is InChI=1S/C18H30O/c1-5-6-7-8-9-10-13-19-18-14-16(4)11-12-17(18)15(2)3/h10,13,15-18H,5-7,11-12,14H2,1-4H3/b13-10+/t16-,17+,18-/m1/s1. The van der Waals surface area contributed by atoms with Crippen molar-refractivity contribution >= 4 is 0 Å². The first kappa shape index (κ1) is 16.2. The molecule has 0 aromatic heterocycles. The molecule has 1 rings (SSSR count). The summed E-state index contributed by atoms with van der Waals surface area (Å²) in [6, 6.07) is 0. The van der Waals surface area contributed by atoms with E-state index in [4.69, 9.17) is 4.74 Å². The van der Waals surface area contributed by atoms with Gasteiger partial charge in [0.15, 0.2) is 0 Å². The predicted octanol–water partition coefficient (Wildman–Crippen LogP) is 5.17. The fourth-order valence-electron chi connectivity index (χ4n) is 2.84. The van der Waals surface area contributed by atoms with Crippen molar-refractivity contribution in [1.29, 1.82) is 0 Å². The number of allylic oxidation sites excluding steroid dienone is 1. The van der Waals surface area contributed by atoms with E-state index in [1.807, 2.05) is 12.3 Å². The molecule has 1 aliphatic carbocycles. The molecule has 0 spiro atoms. The first-order chi connectivity index (χ1) is 9.15. The predicted molar refractivity (Wildman–Crippen MR) is 82.7 cm³/mol. The van der Waals surface area contributed by atoms with Crippen LogP contribution >= 0.6 is 0 Å². The summed E-state index contributed by atoms with van der Waals surface area (Å²) in [7, 11) is 0. The fourth-order valence-corrected chi connectivity index (χ4v) is 2.84. The monoisotopic (exact) mass is 262 g/mol. The molecule has 0 heterocycles. The molecule has 0 unspecified atom stereocenters. The van der Waals surface area contributed by atoms with Gasteiger partial charge in [-0.2, -0.15) is 0 Å². The van der Waals surface area contributed by atoms with Crippen LogP contribution in [0, 0.1) is 29.6 Å². The highest BCUT2D eigenvalue weighted by Crippen LogP contribution is 2.35. The Balaban J connectivity index is 2.39. The molecule has 1 aliphatic rings. The van der Waals surface area contributed by atoms with Crippen molar-refractivity contribution in [2.24, 2.45) is 17.8 Å². The molecule has 0 aromatic carbocycles. The maximum Gasteiger partial charge on any atom is 0.101 e. The molecule has 1 saturated carbocycles.